The molecule has 0 fully saturated rings. The van der Waals surface area contributed by atoms with Crippen LogP contribution in [0, 0.1) is 34.0 Å². The molecule has 14 nitrogen and oxygen atoms in total. The largest absolute Gasteiger partial charge is 0.309 e. The summed E-state index contributed by atoms with van der Waals surface area (Å²) in [5, 5.41) is 50.8. The predicted octanol–water partition coefficient (Wildman–Crippen LogP) is 32.3. The first-order chi connectivity index (χ1) is 73.0. The smallest absolute Gasteiger partial charge is 0.236 e. The number of nitriles is 3. The number of benzene rings is 20. The molecule has 0 amide bonds. The topological polar surface area (TPSA) is 165 Å². The molecule has 20 aromatic carbocycles. The summed E-state index contributed by atoms with van der Waals surface area (Å²) in [5.41, 5.74) is 25.4. The summed E-state index contributed by atoms with van der Waals surface area (Å²) >= 11 is 0. The van der Waals surface area contributed by atoms with Crippen LogP contribution in [0.25, 0.3) is 253 Å². The van der Waals surface area contributed by atoms with Crippen LogP contribution in [-0.4, -0.2) is 52.3 Å². The number of pyridine rings is 1. The lowest BCUT2D eigenvalue weighted by Gasteiger charge is -2.19. The second-order valence-corrected chi connectivity index (χ2v) is 37.6. The van der Waals surface area contributed by atoms with Gasteiger partial charge >= 0.3 is 0 Å². The Bertz CT molecular complexity index is 10500. The Kier molecular flexibility index (Phi) is 18.1. The van der Waals surface area contributed by atoms with Crippen LogP contribution >= 0.6 is 0 Å². The molecule has 0 atom stereocenters. The minimum Gasteiger partial charge on any atom is -0.309 e. The molecule has 14 heteroatoms. The van der Waals surface area contributed by atoms with E-state index in [1.807, 2.05) is 150 Å². The van der Waals surface area contributed by atoms with E-state index in [1.54, 1.807) is 4.57 Å². The molecule has 0 bridgehead atoms. The van der Waals surface area contributed by atoms with Gasteiger partial charge in [-0.2, -0.15) is 15.8 Å². The Morgan fingerprint density at radius 1 is 0.229 bits per heavy atom. The fourth-order valence-corrected chi connectivity index (χ4v) is 21.9. The molecule has 0 saturated heterocycles. The van der Waals surface area contributed by atoms with Crippen molar-refractivity contribution < 1.29 is 6.85 Å². The fourth-order valence-electron chi connectivity index (χ4n) is 21.9. The van der Waals surface area contributed by atoms with Gasteiger partial charge in [-0.3, -0.25) is 13.7 Å². The van der Waals surface area contributed by atoms with E-state index in [9.17, 15) is 15.8 Å². The quantitative estimate of drug-likeness (QED) is 0.138. The van der Waals surface area contributed by atoms with Crippen molar-refractivity contribution in [3.63, 3.8) is 0 Å². The Balaban J connectivity index is 0.000000110. The Labute approximate surface area is 832 Å². The maximum Gasteiger partial charge on any atom is 0.236 e. The van der Waals surface area contributed by atoms with Crippen molar-refractivity contribution in [3.8, 4) is 86.4 Å². The maximum absolute atomic E-state index is 10.2. The molecule has 0 unspecified atom stereocenters. The predicted molar refractivity (Wildman–Crippen MR) is 591 cm³/mol. The molecular weight excluding hydrogens is 1760 g/mol. The van der Waals surface area contributed by atoms with E-state index < -0.39 is 6.04 Å². The minimum absolute atomic E-state index is 0.0958. The lowest BCUT2D eigenvalue weighted by molar-refractivity contribution is 0.591. The monoisotopic (exact) mass is 1840 g/mol. The van der Waals surface area contributed by atoms with Crippen LogP contribution in [0.4, 0.5) is 0 Å². The van der Waals surface area contributed by atoms with Crippen molar-refractivity contribution in [3.05, 3.63) is 465 Å². The summed E-state index contributed by atoms with van der Waals surface area (Å²) in [6.45, 7) is 6.46. The molecule has 9 heterocycles. The zero-order chi connectivity index (χ0) is 100. The van der Waals surface area contributed by atoms with Crippen LogP contribution in [0.2, 0.25) is 0 Å². The van der Waals surface area contributed by atoms with Crippen LogP contribution in [0.1, 0.15) is 50.1 Å². The van der Waals surface area contributed by atoms with Crippen molar-refractivity contribution >= 4 is 185 Å². The third-order valence-electron chi connectivity index (χ3n) is 28.5. The molecule has 0 aliphatic heterocycles. The number of rotatable bonds is 9. The number of hydrogen-bond acceptors (Lipinski definition) is 8. The van der Waals surface area contributed by atoms with E-state index in [0.717, 1.165) is 165 Å². The molecule has 29 aromatic rings. The number of nitrogens with zero attached hydrogens (tertiary/aromatic N) is 14. The standard InChI is InChI=1S/C44H26N4.C43H25N5.C43H31N5/c45-27-31-26-43(46-38-16-8-6-13-33(31)38)48-39-17-9-7-15-35(39)36-21-18-30(25-42(36)48)29-20-22-40-37(24-29)44-34-14-5-4-10-28(34)19-23-41(44)47(40)32-11-2-1-3-12-32;44-26-37-34-15-6-8-16-36(34)45-43(46-37)48-38-17-9-7-14-32(38)33-21-18-29(25-41(33)48)28-20-22-39-35(24-28)42-31-13-5-4-10-27(31)19-23-40(42)47(39)30-11-2-1-3-12-30;1-43(2,3)29-19-21-34-36(25-29)45-42(46-37(34)26-44)48-39-16-10-8-14-32(39)35-23-27(18-22-40(35)48)28-17-20-33-31-13-7-9-15-38(31)47(41(33)24-28)30-11-5-4-6-12-30/h1-26H;1-25H;4-25H,1-3H3/i;;4D,5D,6D,11D,12D. The first kappa shape index (κ1) is 78.3. The van der Waals surface area contributed by atoms with Crippen molar-refractivity contribution in [1.82, 2.24) is 52.3 Å². The Morgan fingerprint density at radius 3 is 1.06 bits per heavy atom. The summed E-state index contributed by atoms with van der Waals surface area (Å²) in [7, 11) is 0. The highest BCUT2D eigenvalue weighted by molar-refractivity contribution is 6.24. The van der Waals surface area contributed by atoms with Crippen LogP contribution in [0.3, 0.4) is 0 Å². The molecule has 0 aliphatic rings. The molecule has 9 aromatic heterocycles. The molecule has 672 valence electrons. The van der Waals surface area contributed by atoms with Crippen LogP contribution in [-0.2, 0) is 5.41 Å². The van der Waals surface area contributed by atoms with Gasteiger partial charge in [0.1, 0.15) is 18.0 Å². The van der Waals surface area contributed by atoms with Gasteiger partial charge in [-0.25, -0.2) is 24.9 Å². The van der Waals surface area contributed by atoms with Gasteiger partial charge in [-0.05, 0) is 230 Å². The molecule has 144 heavy (non-hydrogen) atoms. The molecule has 0 saturated carbocycles. The summed E-state index contributed by atoms with van der Waals surface area (Å²) in [5.74, 6) is 1.64. The SMILES string of the molecule is N#Cc1cc(-n2c3ccccc3c3ccc(-c4ccc5c(c4)c4c6ccccc6ccc4n5-c4ccccc4)cc32)nc2ccccc12.N#Cc1nc(-n2c3ccccc3c3ccc(-c4ccc5c(c4)c4c6ccccc6ccc4n5-c4ccccc4)cc32)nc2ccccc12.[2H]c1c([2H])c([2H])c(-n2c3ccccc3c3ccc(-c4ccc5c(c4)c4ccccc4n5-c4nc(C#N)c5ccc(C(C)(C)C)cc5n4)cc32)c([2H])c1[2H]. The summed E-state index contributed by atoms with van der Waals surface area (Å²) in [6, 6.07) is 148. The van der Waals surface area contributed by atoms with Crippen molar-refractivity contribution in [1.29, 1.82) is 15.8 Å². The van der Waals surface area contributed by atoms with E-state index in [2.05, 4.69) is 324 Å². The average Bonchev–Trinajstić information content (AvgIpc) is 1.58. The molecule has 0 aliphatic carbocycles. The van der Waals surface area contributed by atoms with Gasteiger partial charge in [0, 0.05) is 97.9 Å². The highest BCUT2D eigenvalue weighted by atomic mass is 15.2. The van der Waals surface area contributed by atoms with Crippen LogP contribution in [0.15, 0.2) is 443 Å². The van der Waals surface area contributed by atoms with Gasteiger partial charge in [-0.15, -0.1) is 0 Å². The van der Waals surface area contributed by atoms with Crippen molar-refractivity contribution in [2.45, 2.75) is 26.2 Å². The molecule has 0 N–H and O–H groups in total. The van der Waals surface area contributed by atoms with Gasteiger partial charge in [0.2, 0.25) is 11.9 Å². The van der Waals surface area contributed by atoms with E-state index in [4.69, 9.17) is 31.8 Å². The van der Waals surface area contributed by atoms with Gasteiger partial charge in [0.15, 0.2) is 11.4 Å². The Morgan fingerprint density at radius 2 is 0.569 bits per heavy atom. The number of hydrogen-bond donors (Lipinski definition) is 0. The summed E-state index contributed by atoms with van der Waals surface area (Å²) < 4.78 is 55.4. The molecule has 0 spiro atoms. The van der Waals surface area contributed by atoms with Crippen LogP contribution < -0.4 is 0 Å². The van der Waals surface area contributed by atoms with E-state index in [1.165, 1.54) is 65.2 Å². The minimum atomic E-state index is -0.426. The number of fused-ring (bicyclic) bond motifs is 25. The van der Waals surface area contributed by atoms with Gasteiger partial charge in [-0.1, -0.05) is 300 Å². The number of para-hydroxylation sites is 9. The highest BCUT2D eigenvalue weighted by Gasteiger charge is 2.27. The van der Waals surface area contributed by atoms with Gasteiger partial charge < -0.3 is 13.7 Å². The first-order valence-electron chi connectivity index (χ1n) is 50.4. The van der Waals surface area contributed by atoms with Crippen LogP contribution in [0.5, 0.6) is 0 Å². The lowest BCUT2D eigenvalue weighted by Crippen LogP contribution is -2.11. The third kappa shape index (κ3) is 13.5. The normalized spacial score (nSPS) is 12.3. The van der Waals surface area contributed by atoms with Crippen molar-refractivity contribution in [2.75, 3.05) is 0 Å². The van der Waals surface area contributed by atoms with Gasteiger partial charge in [0.25, 0.3) is 0 Å². The molecule has 29 rings (SSSR count). The third-order valence-corrected chi connectivity index (χ3v) is 28.5. The summed E-state index contributed by atoms with van der Waals surface area (Å²) in [6.07, 6.45) is 0. The first-order valence-corrected chi connectivity index (χ1v) is 47.9. The molecule has 0 radical (unpaired) electrons. The number of aromatic nitrogens is 11. The Hall–Kier alpha value is -19.7. The van der Waals surface area contributed by atoms with E-state index in [0.29, 0.717) is 39.8 Å². The van der Waals surface area contributed by atoms with E-state index >= 15 is 0 Å². The maximum atomic E-state index is 10.2. The average molecular weight is 1850 g/mol. The highest BCUT2D eigenvalue weighted by Crippen LogP contribution is 2.47. The zero-order valence-corrected chi connectivity index (χ0v) is 78.0. The van der Waals surface area contributed by atoms with Crippen molar-refractivity contribution in [2.24, 2.45) is 0 Å². The molecular formula is C130H82N14. The van der Waals surface area contributed by atoms with Gasteiger partial charge in [0.05, 0.1) is 101 Å². The zero-order valence-electron chi connectivity index (χ0n) is 83.0. The summed E-state index contributed by atoms with van der Waals surface area (Å²) in [4.78, 5) is 24.6. The van der Waals surface area contributed by atoms with E-state index in [-0.39, 0.29) is 35.3 Å². The second kappa shape index (κ2) is 33.3. The fraction of sp³-hybridized carbons (Fsp3) is 0.0308. The lowest BCUT2D eigenvalue weighted by atomic mass is 9.86. The second-order valence-electron chi connectivity index (χ2n) is 37.6.